The van der Waals surface area contributed by atoms with Crippen molar-refractivity contribution in [2.75, 3.05) is 0 Å². The third-order valence-corrected chi connectivity index (χ3v) is 2.84. The molecule has 1 aromatic heterocycles. The largest absolute Gasteiger partial charge is 0.361 e. The second-order valence-electron chi connectivity index (χ2n) is 4.09. The Balaban J connectivity index is 2.62. The Labute approximate surface area is 95.3 Å². The van der Waals surface area contributed by atoms with Crippen LogP contribution in [-0.2, 0) is 6.54 Å². The Morgan fingerprint density at radius 3 is 2.69 bits per heavy atom. The highest BCUT2D eigenvalue weighted by molar-refractivity contribution is 5.67. The molecule has 0 aliphatic rings. The summed E-state index contributed by atoms with van der Waals surface area (Å²) < 4.78 is 5.21. The normalized spacial score (nSPS) is 10.8. The molecule has 2 N–H and O–H groups in total. The second kappa shape index (κ2) is 4.10. The van der Waals surface area contributed by atoms with Gasteiger partial charge >= 0.3 is 0 Å². The predicted octanol–water partition coefficient (Wildman–Crippen LogP) is 2.73. The minimum Gasteiger partial charge on any atom is -0.361 e. The molecular weight excluding hydrogens is 200 g/mol. The average Bonchev–Trinajstić information content (AvgIpc) is 2.63. The van der Waals surface area contributed by atoms with Crippen LogP contribution in [0.5, 0.6) is 0 Å². The van der Waals surface area contributed by atoms with Crippen molar-refractivity contribution in [3.63, 3.8) is 0 Å². The van der Waals surface area contributed by atoms with Gasteiger partial charge in [-0.05, 0) is 32.4 Å². The van der Waals surface area contributed by atoms with Crippen LogP contribution >= 0.6 is 0 Å². The van der Waals surface area contributed by atoms with Crippen molar-refractivity contribution < 1.29 is 4.52 Å². The third-order valence-electron chi connectivity index (χ3n) is 2.84. The van der Waals surface area contributed by atoms with E-state index in [0.717, 1.165) is 22.6 Å². The standard InChI is InChI=1S/C13H16N2O/c1-8-4-5-9(2)11(6-8)13-12(7-14)10(3)16-15-13/h4-6H,7,14H2,1-3H3. The van der Waals surface area contributed by atoms with Gasteiger partial charge in [0, 0.05) is 17.7 Å². The Kier molecular flexibility index (Phi) is 2.79. The van der Waals surface area contributed by atoms with Crippen molar-refractivity contribution >= 4 is 0 Å². The van der Waals surface area contributed by atoms with E-state index in [4.69, 9.17) is 10.3 Å². The highest BCUT2D eigenvalue weighted by atomic mass is 16.5. The molecule has 0 spiro atoms. The maximum Gasteiger partial charge on any atom is 0.138 e. The lowest BCUT2D eigenvalue weighted by molar-refractivity contribution is 0.398. The topological polar surface area (TPSA) is 52.0 Å². The Morgan fingerprint density at radius 2 is 2.00 bits per heavy atom. The molecule has 0 amide bonds. The molecule has 1 heterocycles. The Bertz CT molecular complexity index is 515. The highest BCUT2D eigenvalue weighted by Crippen LogP contribution is 2.28. The molecule has 0 bridgehead atoms. The molecule has 0 aliphatic heterocycles. The van der Waals surface area contributed by atoms with Gasteiger partial charge in [-0.2, -0.15) is 0 Å². The number of aromatic nitrogens is 1. The van der Waals surface area contributed by atoms with Crippen LogP contribution in [0.1, 0.15) is 22.5 Å². The molecule has 2 rings (SSSR count). The summed E-state index contributed by atoms with van der Waals surface area (Å²) in [5, 5.41) is 4.10. The number of aryl methyl sites for hydroxylation is 3. The fourth-order valence-corrected chi connectivity index (χ4v) is 1.83. The summed E-state index contributed by atoms with van der Waals surface area (Å²) in [5.41, 5.74) is 11.1. The van der Waals surface area contributed by atoms with E-state index in [1.807, 2.05) is 6.92 Å². The summed E-state index contributed by atoms with van der Waals surface area (Å²) in [6.07, 6.45) is 0. The van der Waals surface area contributed by atoms with Crippen LogP contribution in [0.3, 0.4) is 0 Å². The van der Waals surface area contributed by atoms with Crippen LogP contribution in [0.25, 0.3) is 11.3 Å². The summed E-state index contributed by atoms with van der Waals surface area (Å²) in [6.45, 7) is 6.49. The number of hydrogen-bond acceptors (Lipinski definition) is 3. The summed E-state index contributed by atoms with van der Waals surface area (Å²) in [5.74, 6) is 0.804. The number of nitrogens with zero attached hydrogens (tertiary/aromatic N) is 1. The first-order chi connectivity index (χ1) is 7.63. The SMILES string of the molecule is Cc1ccc(C)c(-c2noc(C)c2CN)c1. The summed E-state index contributed by atoms with van der Waals surface area (Å²) in [6, 6.07) is 6.30. The first kappa shape index (κ1) is 10.9. The molecule has 0 unspecified atom stereocenters. The van der Waals surface area contributed by atoms with E-state index in [0.29, 0.717) is 6.54 Å². The molecule has 0 saturated carbocycles. The lowest BCUT2D eigenvalue weighted by atomic mass is 9.99. The zero-order valence-electron chi connectivity index (χ0n) is 9.87. The average molecular weight is 216 g/mol. The minimum absolute atomic E-state index is 0.456. The van der Waals surface area contributed by atoms with E-state index in [1.165, 1.54) is 11.1 Å². The highest BCUT2D eigenvalue weighted by Gasteiger charge is 2.14. The quantitative estimate of drug-likeness (QED) is 0.839. The molecule has 3 heteroatoms. The predicted molar refractivity (Wildman–Crippen MR) is 64.0 cm³/mol. The Hall–Kier alpha value is -1.61. The lowest BCUT2D eigenvalue weighted by Gasteiger charge is -2.05. The zero-order chi connectivity index (χ0) is 11.7. The molecule has 84 valence electrons. The second-order valence-corrected chi connectivity index (χ2v) is 4.09. The van der Waals surface area contributed by atoms with Crippen molar-refractivity contribution in [3.05, 3.63) is 40.6 Å². The van der Waals surface area contributed by atoms with Gasteiger partial charge in [0.15, 0.2) is 0 Å². The van der Waals surface area contributed by atoms with Gasteiger partial charge in [-0.1, -0.05) is 22.9 Å². The van der Waals surface area contributed by atoms with Crippen LogP contribution in [0.15, 0.2) is 22.7 Å². The lowest BCUT2D eigenvalue weighted by Crippen LogP contribution is -1.99. The van der Waals surface area contributed by atoms with E-state index >= 15 is 0 Å². The van der Waals surface area contributed by atoms with Crippen molar-refractivity contribution in [1.82, 2.24) is 5.16 Å². The van der Waals surface area contributed by atoms with Crippen molar-refractivity contribution in [2.45, 2.75) is 27.3 Å². The fourth-order valence-electron chi connectivity index (χ4n) is 1.83. The van der Waals surface area contributed by atoms with Crippen molar-refractivity contribution in [1.29, 1.82) is 0 Å². The van der Waals surface area contributed by atoms with E-state index in [1.54, 1.807) is 0 Å². The first-order valence-electron chi connectivity index (χ1n) is 5.36. The van der Waals surface area contributed by atoms with Crippen LogP contribution in [0.4, 0.5) is 0 Å². The van der Waals surface area contributed by atoms with Gasteiger partial charge in [0.25, 0.3) is 0 Å². The van der Waals surface area contributed by atoms with Gasteiger partial charge < -0.3 is 10.3 Å². The summed E-state index contributed by atoms with van der Waals surface area (Å²) in [7, 11) is 0. The van der Waals surface area contributed by atoms with E-state index in [2.05, 4.69) is 37.2 Å². The molecule has 0 radical (unpaired) electrons. The first-order valence-corrected chi connectivity index (χ1v) is 5.36. The van der Waals surface area contributed by atoms with Crippen LogP contribution < -0.4 is 5.73 Å². The number of hydrogen-bond donors (Lipinski definition) is 1. The molecule has 0 saturated heterocycles. The monoisotopic (exact) mass is 216 g/mol. The summed E-state index contributed by atoms with van der Waals surface area (Å²) in [4.78, 5) is 0. The zero-order valence-corrected chi connectivity index (χ0v) is 9.87. The van der Waals surface area contributed by atoms with Crippen LogP contribution in [0, 0.1) is 20.8 Å². The summed E-state index contributed by atoms with van der Waals surface area (Å²) >= 11 is 0. The smallest absolute Gasteiger partial charge is 0.138 e. The van der Waals surface area contributed by atoms with Crippen LogP contribution in [0.2, 0.25) is 0 Å². The van der Waals surface area contributed by atoms with Gasteiger partial charge in [0.2, 0.25) is 0 Å². The molecular formula is C13H16N2O. The van der Waals surface area contributed by atoms with Crippen LogP contribution in [-0.4, -0.2) is 5.16 Å². The Morgan fingerprint density at radius 1 is 1.25 bits per heavy atom. The molecule has 2 aromatic rings. The molecule has 3 nitrogen and oxygen atoms in total. The molecule has 0 aliphatic carbocycles. The number of rotatable bonds is 2. The van der Waals surface area contributed by atoms with Crippen molar-refractivity contribution in [3.8, 4) is 11.3 Å². The van der Waals surface area contributed by atoms with Gasteiger partial charge in [-0.15, -0.1) is 0 Å². The molecule has 0 atom stereocenters. The van der Waals surface area contributed by atoms with Gasteiger partial charge in [-0.25, -0.2) is 0 Å². The maximum absolute atomic E-state index is 5.72. The van der Waals surface area contributed by atoms with Gasteiger partial charge in [-0.3, -0.25) is 0 Å². The van der Waals surface area contributed by atoms with Crippen molar-refractivity contribution in [2.24, 2.45) is 5.73 Å². The van der Waals surface area contributed by atoms with Gasteiger partial charge in [0.1, 0.15) is 11.5 Å². The molecule has 16 heavy (non-hydrogen) atoms. The minimum atomic E-state index is 0.456. The molecule has 0 fully saturated rings. The number of nitrogens with two attached hydrogens (primary N) is 1. The van der Waals surface area contributed by atoms with Gasteiger partial charge in [0.05, 0.1) is 0 Å². The van der Waals surface area contributed by atoms with E-state index in [-0.39, 0.29) is 0 Å². The maximum atomic E-state index is 5.72. The fraction of sp³-hybridized carbons (Fsp3) is 0.308. The molecule has 1 aromatic carbocycles. The van der Waals surface area contributed by atoms with E-state index in [9.17, 15) is 0 Å². The number of benzene rings is 1. The third kappa shape index (κ3) is 1.74. The van der Waals surface area contributed by atoms with E-state index < -0.39 is 0 Å².